The molecule has 1 aliphatic rings. The Hall–Kier alpha value is -0.750. The van der Waals surface area contributed by atoms with Gasteiger partial charge in [0.1, 0.15) is 5.82 Å². The maximum absolute atomic E-state index is 12.0. The second kappa shape index (κ2) is 3.38. The van der Waals surface area contributed by atoms with Crippen LogP contribution < -0.4 is 5.56 Å². The van der Waals surface area contributed by atoms with Gasteiger partial charge >= 0.3 is 0 Å². The van der Waals surface area contributed by atoms with Crippen LogP contribution in [0.1, 0.15) is 18.7 Å². The van der Waals surface area contributed by atoms with Crippen LogP contribution in [0.5, 0.6) is 0 Å². The fourth-order valence-electron chi connectivity index (χ4n) is 1.90. The lowest BCUT2D eigenvalue weighted by molar-refractivity contribution is 0.501. The molecule has 0 amide bonds. The van der Waals surface area contributed by atoms with E-state index in [0.717, 1.165) is 40.4 Å². The van der Waals surface area contributed by atoms with Crippen LogP contribution in [-0.2, 0) is 13.0 Å². The number of thiazole rings is 1. The molecule has 4 nitrogen and oxygen atoms in total. The topological polar surface area (TPSA) is 47.8 Å². The average molecular weight is 286 g/mol. The van der Waals surface area contributed by atoms with Crippen molar-refractivity contribution in [3.63, 3.8) is 0 Å². The number of aryl methyl sites for hydroxylation is 1. The highest BCUT2D eigenvalue weighted by atomic mass is 79.9. The minimum absolute atomic E-state index is 0.0108. The van der Waals surface area contributed by atoms with Gasteiger partial charge in [-0.05, 0) is 28.8 Å². The number of halogens is 1. The third-order valence-corrected chi connectivity index (χ3v) is 4.01. The van der Waals surface area contributed by atoms with Crippen LogP contribution >= 0.6 is 27.3 Å². The summed E-state index contributed by atoms with van der Waals surface area (Å²) in [6.45, 7) is 0.784. The molecule has 2 aromatic rings. The van der Waals surface area contributed by atoms with E-state index in [0.29, 0.717) is 5.52 Å². The molecule has 78 valence electrons. The second-order valence-corrected chi connectivity index (χ2v) is 5.82. The maximum atomic E-state index is 12.0. The van der Waals surface area contributed by atoms with E-state index in [9.17, 15) is 4.79 Å². The Morgan fingerprint density at radius 2 is 2.20 bits per heavy atom. The molecule has 0 aliphatic carbocycles. The second-order valence-electron chi connectivity index (χ2n) is 3.56. The Labute approximate surface area is 98.1 Å². The van der Waals surface area contributed by atoms with Gasteiger partial charge in [-0.2, -0.15) is 0 Å². The molecule has 1 aliphatic heterocycles. The highest BCUT2D eigenvalue weighted by Gasteiger charge is 2.16. The van der Waals surface area contributed by atoms with Gasteiger partial charge in [0.25, 0.3) is 5.56 Å². The first-order valence-corrected chi connectivity index (χ1v) is 6.42. The van der Waals surface area contributed by atoms with Crippen LogP contribution in [0.4, 0.5) is 0 Å². The molecule has 0 atom stereocenters. The molecule has 2 aromatic heterocycles. The molecule has 3 rings (SSSR count). The zero-order valence-corrected chi connectivity index (χ0v) is 10.3. The van der Waals surface area contributed by atoms with Crippen molar-refractivity contribution >= 4 is 37.6 Å². The first-order chi connectivity index (χ1) is 7.25. The van der Waals surface area contributed by atoms with Crippen LogP contribution in [0.25, 0.3) is 10.3 Å². The van der Waals surface area contributed by atoms with Gasteiger partial charge in [0.2, 0.25) is 0 Å². The van der Waals surface area contributed by atoms with Crippen molar-refractivity contribution in [1.82, 2.24) is 14.5 Å². The van der Waals surface area contributed by atoms with E-state index >= 15 is 0 Å². The Balaban J connectivity index is 2.40. The summed E-state index contributed by atoms with van der Waals surface area (Å²) in [5, 5.41) is 0. The lowest BCUT2D eigenvalue weighted by Gasteiger charge is -2.16. The first kappa shape index (κ1) is 9.47. The Morgan fingerprint density at radius 1 is 1.33 bits per heavy atom. The lowest BCUT2D eigenvalue weighted by atomic mass is 10.1. The van der Waals surface area contributed by atoms with Crippen LogP contribution in [0, 0.1) is 0 Å². The number of hydrogen-bond acceptors (Lipinski definition) is 4. The average Bonchev–Trinajstić information content (AvgIpc) is 2.59. The summed E-state index contributed by atoms with van der Waals surface area (Å²) >= 11 is 4.71. The molecule has 15 heavy (non-hydrogen) atoms. The van der Waals surface area contributed by atoms with E-state index in [2.05, 4.69) is 25.9 Å². The highest BCUT2D eigenvalue weighted by molar-refractivity contribution is 9.11. The zero-order chi connectivity index (χ0) is 10.4. The van der Waals surface area contributed by atoms with E-state index in [4.69, 9.17) is 0 Å². The monoisotopic (exact) mass is 285 g/mol. The van der Waals surface area contributed by atoms with Gasteiger partial charge in [0.05, 0.1) is 0 Å². The van der Waals surface area contributed by atoms with Crippen LogP contribution in [0.3, 0.4) is 0 Å². The Kier molecular flexibility index (Phi) is 2.14. The first-order valence-electron chi connectivity index (χ1n) is 4.81. The molecule has 0 saturated carbocycles. The van der Waals surface area contributed by atoms with Crippen molar-refractivity contribution in [2.75, 3.05) is 0 Å². The predicted molar refractivity (Wildman–Crippen MR) is 62.3 cm³/mol. The minimum atomic E-state index is 0.0108. The normalized spacial score (nSPS) is 15.5. The molecule has 3 heterocycles. The van der Waals surface area contributed by atoms with Gasteiger partial charge in [-0.15, -0.1) is 0 Å². The Bertz CT molecular complexity index is 589. The summed E-state index contributed by atoms with van der Waals surface area (Å²) < 4.78 is 2.49. The SMILES string of the molecule is O=c1c2nc(Br)sc2nc2n1CCCC2. The van der Waals surface area contributed by atoms with E-state index in [1.807, 2.05) is 0 Å². The van der Waals surface area contributed by atoms with Crippen LogP contribution in [-0.4, -0.2) is 14.5 Å². The number of rotatable bonds is 0. The summed E-state index contributed by atoms with van der Waals surface area (Å²) in [4.78, 5) is 21.4. The standard InChI is InChI=1S/C9H8BrN3OS/c10-9-12-6-7(15-9)11-5-3-1-2-4-13(5)8(6)14/h1-4H2. The minimum Gasteiger partial charge on any atom is -0.295 e. The molecule has 0 spiro atoms. The molecule has 0 N–H and O–H groups in total. The largest absolute Gasteiger partial charge is 0.295 e. The zero-order valence-electron chi connectivity index (χ0n) is 7.86. The Morgan fingerprint density at radius 3 is 3.07 bits per heavy atom. The van der Waals surface area contributed by atoms with E-state index < -0.39 is 0 Å². The third kappa shape index (κ3) is 1.43. The van der Waals surface area contributed by atoms with Gasteiger partial charge in [-0.25, -0.2) is 9.97 Å². The fourth-order valence-corrected chi connectivity index (χ4v) is 3.21. The van der Waals surface area contributed by atoms with Crippen molar-refractivity contribution in [1.29, 1.82) is 0 Å². The van der Waals surface area contributed by atoms with Crippen molar-refractivity contribution in [2.45, 2.75) is 25.8 Å². The highest BCUT2D eigenvalue weighted by Crippen LogP contribution is 2.23. The molecule has 0 fully saturated rings. The summed E-state index contributed by atoms with van der Waals surface area (Å²) in [6.07, 6.45) is 3.09. The maximum Gasteiger partial charge on any atom is 0.280 e. The molecule has 0 bridgehead atoms. The molecular weight excluding hydrogens is 278 g/mol. The van der Waals surface area contributed by atoms with E-state index in [-0.39, 0.29) is 5.56 Å². The molecule has 0 saturated heterocycles. The number of fused-ring (bicyclic) bond motifs is 2. The van der Waals surface area contributed by atoms with Gasteiger partial charge < -0.3 is 0 Å². The third-order valence-electron chi connectivity index (χ3n) is 2.61. The quantitative estimate of drug-likeness (QED) is 0.743. The predicted octanol–water partition coefficient (Wildman–Crippen LogP) is 1.95. The van der Waals surface area contributed by atoms with Crippen LogP contribution in [0.15, 0.2) is 8.71 Å². The smallest absolute Gasteiger partial charge is 0.280 e. The molecule has 0 unspecified atom stereocenters. The summed E-state index contributed by atoms with van der Waals surface area (Å²) in [6, 6.07) is 0. The van der Waals surface area contributed by atoms with E-state index in [1.165, 1.54) is 11.3 Å². The molecule has 0 radical (unpaired) electrons. The molecule has 6 heteroatoms. The van der Waals surface area contributed by atoms with Crippen molar-refractivity contribution in [3.8, 4) is 0 Å². The van der Waals surface area contributed by atoms with Gasteiger partial charge in [-0.1, -0.05) is 11.3 Å². The van der Waals surface area contributed by atoms with Gasteiger partial charge in [-0.3, -0.25) is 9.36 Å². The van der Waals surface area contributed by atoms with Crippen molar-refractivity contribution < 1.29 is 0 Å². The molecular formula is C9H8BrN3OS. The molecule has 0 aromatic carbocycles. The fraction of sp³-hybridized carbons (Fsp3) is 0.444. The summed E-state index contributed by atoms with van der Waals surface area (Å²) in [5.41, 5.74) is 0.508. The van der Waals surface area contributed by atoms with Gasteiger partial charge in [0, 0.05) is 13.0 Å². The van der Waals surface area contributed by atoms with Crippen molar-refractivity contribution in [2.24, 2.45) is 0 Å². The lowest BCUT2D eigenvalue weighted by Crippen LogP contribution is -2.28. The van der Waals surface area contributed by atoms with E-state index in [1.54, 1.807) is 4.57 Å². The number of aromatic nitrogens is 3. The van der Waals surface area contributed by atoms with Crippen molar-refractivity contribution in [3.05, 3.63) is 20.1 Å². The van der Waals surface area contributed by atoms with Gasteiger partial charge in [0.15, 0.2) is 14.3 Å². The summed E-state index contributed by atoms with van der Waals surface area (Å²) in [7, 11) is 0. The number of hydrogen-bond donors (Lipinski definition) is 0. The number of nitrogens with zero attached hydrogens (tertiary/aromatic N) is 3. The van der Waals surface area contributed by atoms with Crippen LogP contribution in [0.2, 0.25) is 0 Å². The summed E-state index contributed by atoms with van der Waals surface area (Å²) in [5.74, 6) is 0.912.